The van der Waals surface area contributed by atoms with E-state index in [4.69, 9.17) is 4.74 Å². The number of hydrogen-bond donors (Lipinski definition) is 3. The van der Waals surface area contributed by atoms with Crippen molar-refractivity contribution in [2.75, 3.05) is 19.0 Å². The monoisotopic (exact) mass is 559 g/mol. The van der Waals surface area contributed by atoms with E-state index in [2.05, 4.69) is 15.7 Å². The molecule has 0 radical (unpaired) electrons. The number of aliphatic hydroxyl groups is 1. The van der Waals surface area contributed by atoms with Crippen molar-refractivity contribution in [2.24, 2.45) is 7.05 Å². The zero-order valence-corrected chi connectivity index (χ0v) is 24.1. The fourth-order valence-electron chi connectivity index (χ4n) is 4.92. The van der Waals surface area contributed by atoms with E-state index in [9.17, 15) is 19.5 Å². The van der Waals surface area contributed by atoms with E-state index in [-0.39, 0.29) is 24.2 Å². The summed E-state index contributed by atoms with van der Waals surface area (Å²) in [5, 5.41) is 21.8. The lowest BCUT2D eigenvalue weighted by molar-refractivity contribution is -0.143. The molecule has 2 heterocycles. The first kappa shape index (κ1) is 29.5. The molecule has 2 aromatic heterocycles. The second-order valence-electron chi connectivity index (χ2n) is 10.1. The standard InChI is InChI=1S/C31H37N5O5/c1-6-41-28(37)9-7-8-21-10-11-22(29(38)24-16-33-35(5)18-24)14-26(21)34-30(39)20(3)36-17-19(2)25-13-12-23(15-27(25)36)31(40)32-4/h10-18,20,29,38H,6-9H2,1-5H3,(H,32,40)(H,34,39). The van der Waals surface area contributed by atoms with Crippen LogP contribution in [0.4, 0.5) is 5.69 Å². The van der Waals surface area contributed by atoms with E-state index in [0.717, 1.165) is 22.0 Å². The Balaban J connectivity index is 1.63. The quantitative estimate of drug-likeness (QED) is 0.236. The maximum absolute atomic E-state index is 13.7. The van der Waals surface area contributed by atoms with Gasteiger partial charge in [-0.25, -0.2) is 0 Å². The van der Waals surface area contributed by atoms with Crippen LogP contribution in [0.1, 0.15) is 71.4 Å². The third-order valence-electron chi connectivity index (χ3n) is 7.20. The first-order valence-electron chi connectivity index (χ1n) is 13.7. The second kappa shape index (κ2) is 12.8. The summed E-state index contributed by atoms with van der Waals surface area (Å²) in [6.45, 7) is 5.87. The Kier molecular flexibility index (Phi) is 9.24. The van der Waals surface area contributed by atoms with Crippen molar-refractivity contribution in [1.82, 2.24) is 19.7 Å². The number of amides is 2. The van der Waals surface area contributed by atoms with Crippen molar-refractivity contribution < 1.29 is 24.2 Å². The van der Waals surface area contributed by atoms with Crippen LogP contribution >= 0.6 is 0 Å². The smallest absolute Gasteiger partial charge is 0.305 e. The van der Waals surface area contributed by atoms with Gasteiger partial charge in [0.1, 0.15) is 12.1 Å². The summed E-state index contributed by atoms with van der Waals surface area (Å²) in [4.78, 5) is 37.8. The molecular weight excluding hydrogens is 522 g/mol. The van der Waals surface area contributed by atoms with Gasteiger partial charge < -0.3 is 25.0 Å². The Bertz CT molecular complexity index is 1570. The molecule has 2 amide bonds. The average Bonchev–Trinajstić information content (AvgIpc) is 3.55. The number of aliphatic hydroxyl groups excluding tert-OH is 1. The van der Waals surface area contributed by atoms with E-state index < -0.39 is 12.1 Å². The molecule has 0 saturated carbocycles. The summed E-state index contributed by atoms with van der Waals surface area (Å²) >= 11 is 0. The second-order valence-corrected chi connectivity index (χ2v) is 10.1. The van der Waals surface area contributed by atoms with E-state index >= 15 is 0 Å². The van der Waals surface area contributed by atoms with Gasteiger partial charge >= 0.3 is 5.97 Å². The number of aromatic nitrogens is 3. The normalized spacial score (nSPS) is 12.6. The van der Waals surface area contributed by atoms with Crippen molar-refractivity contribution in [3.8, 4) is 0 Å². The highest BCUT2D eigenvalue weighted by Crippen LogP contribution is 2.30. The van der Waals surface area contributed by atoms with Crippen LogP contribution in [0.25, 0.3) is 10.9 Å². The maximum Gasteiger partial charge on any atom is 0.305 e. The molecule has 4 rings (SSSR count). The number of carbonyl (C=O) groups is 3. The highest BCUT2D eigenvalue weighted by molar-refractivity contribution is 6.00. The van der Waals surface area contributed by atoms with Crippen LogP contribution in [0.5, 0.6) is 0 Å². The van der Waals surface area contributed by atoms with Crippen LogP contribution in [0, 0.1) is 6.92 Å². The van der Waals surface area contributed by atoms with Gasteiger partial charge in [-0.1, -0.05) is 18.2 Å². The molecule has 0 aliphatic carbocycles. The van der Waals surface area contributed by atoms with Gasteiger partial charge in [0, 0.05) is 60.6 Å². The molecule has 216 valence electrons. The molecule has 2 aromatic carbocycles. The minimum Gasteiger partial charge on any atom is -0.466 e. The number of ether oxygens (including phenoxy) is 1. The molecule has 0 spiro atoms. The number of aryl methyl sites for hydroxylation is 3. The van der Waals surface area contributed by atoms with Gasteiger partial charge in [0.2, 0.25) is 5.91 Å². The molecule has 0 aliphatic rings. The van der Waals surface area contributed by atoms with Gasteiger partial charge in [0.05, 0.1) is 12.8 Å². The van der Waals surface area contributed by atoms with Gasteiger partial charge in [0.25, 0.3) is 5.91 Å². The van der Waals surface area contributed by atoms with Crippen molar-refractivity contribution >= 4 is 34.4 Å². The third-order valence-corrected chi connectivity index (χ3v) is 7.20. The number of fused-ring (bicyclic) bond motifs is 1. The van der Waals surface area contributed by atoms with E-state index in [0.29, 0.717) is 41.8 Å². The molecule has 0 saturated heterocycles. The van der Waals surface area contributed by atoms with Crippen LogP contribution in [-0.2, 0) is 27.8 Å². The topological polar surface area (TPSA) is 127 Å². The summed E-state index contributed by atoms with van der Waals surface area (Å²) in [6.07, 6.45) is 5.67. The first-order valence-corrected chi connectivity index (χ1v) is 13.7. The lowest BCUT2D eigenvalue weighted by Gasteiger charge is -2.19. The molecule has 4 aromatic rings. The Morgan fingerprint density at radius 3 is 2.56 bits per heavy atom. The Labute approximate surface area is 239 Å². The molecule has 10 nitrogen and oxygen atoms in total. The van der Waals surface area contributed by atoms with E-state index in [1.54, 1.807) is 63.2 Å². The van der Waals surface area contributed by atoms with Gasteiger partial charge in [0.15, 0.2) is 0 Å². The van der Waals surface area contributed by atoms with Crippen LogP contribution in [0.15, 0.2) is 55.0 Å². The van der Waals surface area contributed by atoms with Crippen LogP contribution in [0.3, 0.4) is 0 Å². The molecule has 41 heavy (non-hydrogen) atoms. The molecule has 3 N–H and O–H groups in total. The third kappa shape index (κ3) is 6.66. The summed E-state index contributed by atoms with van der Waals surface area (Å²) in [6, 6.07) is 10.3. The molecule has 0 bridgehead atoms. The molecule has 0 fully saturated rings. The molecule has 2 atom stereocenters. The lowest BCUT2D eigenvalue weighted by Crippen LogP contribution is -2.24. The fraction of sp³-hybridized carbons (Fsp3) is 0.355. The van der Waals surface area contributed by atoms with Crippen LogP contribution < -0.4 is 10.6 Å². The summed E-state index contributed by atoms with van der Waals surface area (Å²) in [5.41, 5.74) is 4.92. The number of nitrogens with one attached hydrogen (secondary N) is 2. The number of anilines is 1. The average molecular weight is 560 g/mol. The van der Waals surface area contributed by atoms with Crippen molar-refractivity contribution in [3.63, 3.8) is 0 Å². The van der Waals surface area contributed by atoms with Gasteiger partial charge in [-0.05, 0) is 68.5 Å². The predicted octanol–water partition coefficient (Wildman–Crippen LogP) is 4.21. The highest BCUT2D eigenvalue weighted by atomic mass is 16.5. The number of benzene rings is 2. The van der Waals surface area contributed by atoms with E-state index in [1.807, 2.05) is 35.9 Å². The van der Waals surface area contributed by atoms with Gasteiger partial charge in [-0.2, -0.15) is 5.10 Å². The van der Waals surface area contributed by atoms with Crippen LogP contribution in [-0.4, -0.2) is 50.9 Å². The molecular formula is C31H37N5O5. The van der Waals surface area contributed by atoms with Crippen molar-refractivity contribution in [3.05, 3.63) is 82.8 Å². The zero-order chi connectivity index (χ0) is 29.7. The minimum absolute atomic E-state index is 0.203. The SMILES string of the molecule is CCOC(=O)CCCc1ccc(C(O)c2cnn(C)c2)cc1NC(=O)C(C)n1cc(C)c2ccc(C(=O)NC)cc21. The van der Waals surface area contributed by atoms with Gasteiger partial charge in [-0.3, -0.25) is 19.1 Å². The largest absolute Gasteiger partial charge is 0.466 e. The van der Waals surface area contributed by atoms with Gasteiger partial charge in [-0.15, -0.1) is 0 Å². The van der Waals surface area contributed by atoms with Crippen molar-refractivity contribution in [2.45, 2.75) is 52.2 Å². The Hall–Kier alpha value is -4.44. The number of esters is 1. The fourth-order valence-corrected chi connectivity index (χ4v) is 4.92. The van der Waals surface area contributed by atoms with Crippen molar-refractivity contribution in [1.29, 1.82) is 0 Å². The number of rotatable bonds is 11. The maximum atomic E-state index is 13.7. The Morgan fingerprint density at radius 2 is 1.88 bits per heavy atom. The molecule has 2 unspecified atom stereocenters. The minimum atomic E-state index is -0.926. The number of carbonyl (C=O) groups excluding carboxylic acids is 3. The number of hydrogen-bond acceptors (Lipinski definition) is 6. The van der Waals surface area contributed by atoms with E-state index in [1.165, 1.54) is 0 Å². The Morgan fingerprint density at radius 1 is 1.10 bits per heavy atom. The predicted molar refractivity (Wildman–Crippen MR) is 157 cm³/mol. The summed E-state index contributed by atoms with van der Waals surface area (Å²) < 4.78 is 8.53. The summed E-state index contributed by atoms with van der Waals surface area (Å²) in [7, 11) is 3.36. The lowest BCUT2D eigenvalue weighted by atomic mass is 9.98. The number of nitrogens with zero attached hydrogens (tertiary/aromatic N) is 3. The first-order chi connectivity index (χ1) is 19.6. The molecule has 10 heteroatoms. The zero-order valence-electron chi connectivity index (χ0n) is 24.1. The highest BCUT2D eigenvalue weighted by Gasteiger charge is 2.22. The summed E-state index contributed by atoms with van der Waals surface area (Å²) in [5.74, 6) is -0.723. The molecule has 0 aliphatic heterocycles. The van der Waals surface area contributed by atoms with Crippen LogP contribution in [0.2, 0.25) is 0 Å².